The highest BCUT2D eigenvalue weighted by atomic mass is 32.2. The molecule has 0 fully saturated rings. The Morgan fingerprint density at radius 2 is 2.19 bits per heavy atom. The molecule has 0 aliphatic rings. The van der Waals surface area contributed by atoms with E-state index in [4.69, 9.17) is 0 Å². The Labute approximate surface area is 127 Å². The summed E-state index contributed by atoms with van der Waals surface area (Å²) in [6, 6.07) is 7.51. The number of hydrogen-bond acceptors (Lipinski definition) is 4. The lowest BCUT2D eigenvalue weighted by Gasteiger charge is -2.09. The SMILES string of the molecule is Cc1ccc(NS(=O)(=O)CCc2cccs2)c2[nH]ncc12. The van der Waals surface area contributed by atoms with Crippen molar-refractivity contribution in [1.29, 1.82) is 0 Å². The monoisotopic (exact) mass is 321 g/mol. The first-order chi connectivity index (χ1) is 10.1. The zero-order valence-electron chi connectivity index (χ0n) is 11.5. The summed E-state index contributed by atoms with van der Waals surface area (Å²) >= 11 is 1.57. The Morgan fingerprint density at radius 1 is 1.33 bits per heavy atom. The fourth-order valence-electron chi connectivity index (χ4n) is 2.17. The molecule has 110 valence electrons. The Morgan fingerprint density at radius 3 is 2.95 bits per heavy atom. The van der Waals surface area contributed by atoms with Crippen LogP contribution in [-0.2, 0) is 16.4 Å². The molecule has 3 rings (SSSR count). The minimum absolute atomic E-state index is 0.0665. The van der Waals surface area contributed by atoms with Crippen molar-refractivity contribution in [2.45, 2.75) is 13.3 Å². The molecule has 0 aliphatic carbocycles. The van der Waals surface area contributed by atoms with Gasteiger partial charge in [-0.15, -0.1) is 11.3 Å². The molecule has 0 amide bonds. The van der Waals surface area contributed by atoms with E-state index in [0.29, 0.717) is 12.1 Å². The Balaban J connectivity index is 1.80. The molecule has 0 unspecified atom stereocenters. The number of hydrogen-bond donors (Lipinski definition) is 2. The molecule has 0 saturated heterocycles. The van der Waals surface area contributed by atoms with E-state index in [2.05, 4.69) is 14.9 Å². The van der Waals surface area contributed by atoms with Crippen LogP contribution < -0.4 is 4.72 Å². The number of aromatic nitrogens is 2. The molecule has 3 aromatic rings. The molecule has 0 atom stereocenters. The maximum absolute atomic E-state index is 12.2. The highest BCUT2D eigenvalue weighted by Gasteiger charge is 2.14. The Kier molecular flexibility index (Phi) is 3.69. The minimum atomic E-state index is -3.38. The second kappa shape index (κ2) is 5.50. The molecule has 0 saturated carbocycles. The molecular weight excluding hydrogens is 306 g/mol. The first kappa shape index (κ1) is 14.1. The summed E-state index contributed by atoms with van der Waals surface area (Å²) in [6.45, 7) is 1.97. The predicted molar refractivity (Wildman–Crippen MR) is 86.3 cm³/mol. The molecule has 0 spiro atoms. The van der Waals surface area contributed by atoms with Gasteiger partial charge >= 0.3 is 0 Å². The number of aryl methyl sites for hydroxylation is 2. The third-order valence-electron chi connectivity index (χ3n) is 3.30. The molecule has 2 heterocycles. The normalized spacial score (nSPS) is 11.9. The smallest absolute Gasteiger partial charge is 0.233 e. The van der Waals surface area contributed by atoms with Crippen LogP contribution in [0.5, 0.6) is 0 Å². The summed E-state index contributed by atoms with van der Waals surface area (Å²) in [4.78, 5) is 1.07. The van der Waals surface area contributed by atoms with Crippen molar-refractivity contribution in [2.24, 2.45) is 0 Å². The lowest BCUT2D eigenvalue weighted by molar-refractivity contribution is 0.600. The first-order valence-corrected chi connectivity index (χ1v) is 9.04. The zero-order chi connectivity index (χ0) is 14.9. The van der Waals surface area contributed by atoms with Gasteiger partial charge in [-0.05, 0) is 36.4 Å². The highest BCUT2D eigenvalue weighted by molar-refractivity contribution is 7.92. The number of sulfonamides is 1. The quantitative estimate of drug-likeness (QED) is 0.759. The average molecular weight is 321 g/mol. The third kappa shape index (κ3) is 3.08. The molecule has 1 aromatic carbocycles. The van der Waals surface area contributed by atoms with Gasteiger partial charge in [0.15, 0.2) is 0 Å². The van der Waals surface area contributed by atoms with E-state index >= 15 is 0 Å². The minimum Gasteiger partial charge on any atom is -0.281 e. The summed E-state index contributed by atoms with van der Waals surface area (Å²) in [7, 11) is -3.38. The largest absolute Gasteiger partial charge is 0.281 e. The molecule has 0 aliphatic heterocycles. The fourth-order valence-corrected chi connectivity index (χ4v) is 4.10. The lowest BCUT2D eigenvalue weighted by Crippen LogP contribution is -2.18. The number of anilines is 1. The van der Waals surface area contributed by atoms with Crippen LogP contribution in [0.1, 0.15) is 10.4 Å². The van der Waals surface area contributed by atoms with Crippen molar-refractivity contribution in [1.82, 2.24) is 10.2 Å². The fraction of sp³-hybridized carbons (Fsp3) is 0.214. The van der Waals surface area contributed by atoms with Crippen LogP contribution in [0.4, 0.5) is 5.69 Å². The van der Waals surface area contributed by atoms with Crippen molar-refractivity contribution in [3.63, 3.8) is 0 Å². The van der Waals surface area contributed by atoms with E-state index in [0.717, 1.165) is 21.3 Å². The predicted octanol–water partition coefficient (Wildman–Crippen LogP) is 2.92. The molecule has 2 aromatic heterocycles. The lowest BCUT2D eigenvalue weighted by atomic mass is 10.1. The van der Waals surface area contributed by atoms with E-state index < -0.39 is 10.0 Å². The van der Waals surface area contributed by atoms with Crippen LogP contribution in [0.15, 0.2) is 35.8 Å². The van der Waals surface area contributed by atoms with Gasteiger partial charge in [0.05, 0.1) is 23.2 Å². The number of rotatable bonds is 5. The van der Waals surface area contributed by atoms with Gasteiger partial charge in [-0.2, -0.15) is 5.10 Å². The topological polar surface area (TPSA) is 74.8 Å². The molecule has 7 heteroatoms. The maximum atomic E-state index is 12.2. The number of fused-ring (bicyclic) bond motifs is 1. The van der Waals surface area contributed by atoms with Crippen LogP contribution in [0.2, 0.25) is 0 Å². The van der Waals surface area contributed by atoms with Crippen molar-refractivity contribution in [3.05, 3.63) is 46.3 Å². The van der Waals surface area contributed by atoms with Crippen LogP contribution >= 0.6 is 11.3 Å². The van der Waals surface area contributed by atoms with E-state index in [1.165, 1.54) is 0 Å². The van der Waals surface area contributed by atoms with Gasteiger partial charge < -0.3 is 0 Å². The van der Waals surface area contributed by atoms with Gasteiger partial charge in [-0.1, -0.05) is 12.1 Å². The van der Waals surface area contributed by atoms with Crippen molar-refractivity contribution >= 4 is 38.0 Å². The van der Waals surface area contributed by atoms with Crippen LogP contribution in [0, 0.1) is 6.92 Å². The number of nitrogens with one attached hydrogen (secondary N) is 2. The number of aromatic amines is 1. The highest BCUT2D eigenvalue weighted by Crippen LogP contribution is 2.25. The van der Waals surface area contributed by atoms with E-state index in [-0.39, 0.29) is 5.75 Å². The van der Waals surface area contributed by atoms with Crippen molar-refractivity contribution in [3.8, 4) is 0 Å². The second-order valence-electron chi connectivity index (χ2n) is 4.84. The van der Waals surface area contributed by atoms with Gasteiger partial charge in [-0.25, -0.2) is 8.42 Å². The molecule has 0 bridgehead atoms. The van der Waals surface area contributed by atoms with Crippen LogP contribution in [0.25, 0.3) is 10.9 Å². The number of thiophene rings is 1. The van der Waals surface area contributed by atoms with Gasteiger partial charge in [0.1, 0.15) is 0 Å². The number of nitrogens with zero attached hydrogens (tertiary/aromatic N) is 1. The van der Waals surface area contributed by atoms with Crippen LogP contribution in [0.3, 0.4) is 0 Å². The first-order valence-electron chi connectivity index (χ1n) is 6.51. The molecule has 5 nitrogen and oxygen atoms in total. The van der Waals surface area contributed by atoms with Crippen molar-refractivity contribution < 1.29 is 8.42 Å². The third-order valence-corrected chi connectivity index (χ3v) is 5.50. The standard InChI is InChI=1S/C14H15N3O2S2/c1-10-4-5-13(14-12(10)9-15-16-14)17-21(18,19)8-6-11-3-2-7-20-11/h2-5,7,9,17H,6,8H2,1H3,(H,15,16). The van der Waals surface area contributed by atoms with Gasteiger partial charge in [0.25, 0.3) is 0 Å². The van der Waals surface area contributed by atoms with E-state index in [9.17, 15) is 8.42 Å². The number of benzene rings is 1. The van der Waals surface area contributed by atoms with E-state index in [1.807, 2.05) is 30.5 Å². The second-order valence-corrected chi connectivity index (χ2v) is 7.71. The van der Waals surface area contributed by atoms with Crippen molar-refractivity contribution in [2.75, 3.05) is 10.5 Å². The summed E-state index contributed by atoms with van der Waals surface area (Å²) < 4.78 is 27.1. The maximum Gasteiger partial charge on any atom is 0.233 e. The summed E-state index contributed by atoms with van der Waals surface area (Å²) in [5.74, 6) is 0.0665. The summed E-state index contributed by atoms with van der Waals surface area (Å²) in [5.41, 5.74) is 2.31. The Hall–Kier alpha value is -1.86. The Bertz CT molecular complexity index is 852. The van der Waals surface area contributed by atoms with Gasteiger partial charge in [-0.3, -0.25) is 9.82 Å². The summed E-state index contributed by atoms with van der Waals surface area (Å²) in [5, 5.41) is 9.70. The average Bonchev–Trinajstić information content (AvgIpc) is 3.10. The summed E-state index contributed by atoms with van der Waals surface area (Å²) in [6.07, 6.45) is 2.22. The van der Waals surface area contributed by atoms with Crippen LogP contribution in [-0.4, -0.2) is 24.4 Å². The molecular formula is C14H15N3O2S2. The van der Waals surface area contributed by atoms with Gasteiger partial charge in [0, 0.05) is 10.3 Å². The number of H-pyrrole nitrogens is 1. The zero-order valence-corrected chi connectivity index (χ0v) is 13.1. The molecule has 21 heavy (non-hydrogen) atoms. The van der Waals surface area contributed by atoms with E-state index in [1.54, 1.807) is 23.6 Å². The molecule has 2 N–H and O–H groups in total. The van der Waals surface area contributed by atoms with Gasteiger partial charge in [0.2, 0.25) is 10.0 Å². The molecule has 0 radical (unpaired) electrons.